The van der Waals surface area contributed by atoms with E-state index in [9.17, 15) is 0 Å². The first-order chi connectivity index (χ1) is 7.10. The summed E-state index contributed by atoms with van der Waals surface area (Å²) >= 11 is 0. The Kier molecular flexibility index (Phi) is 4.01. The van der Waals surface area contributed by atoms with E-state index in [-0.39, 0.29) is 0 Å². The van der Waals surface area contributed by atoms with Crippen LogP contribution < -0.4 is 10.6 Å². The van der Waals surface area contributed by atoms with Gasteiger partial charge in [0.1, 0.15) is 0 Å². The minimum atomic E-state index is 0.565. The fourth-order valence-corrected chi connectivity index (χ4v) is 1.88. The molecule has 0 aliphatic carbocycles. The van der Waals surface area contributed by atoms with Gasteiger partial charge in [-0.1, -0.05) is 13.0 Å². The number of nitrogens with two attached hydrogens (primary N) is 1. The van der Waals surface area contributed by atoms with Crippen LogP contribution in [0.25, 0.3) is 0 Å². The van der Waals surface area contributed by atoms with Crippen LogP contribution in [0.3, 0.4) is 0 Å². The highest BCUT2D eigenvalue weighted by atomic mass is 15.2. The molecule has 1 atom stereocenters. The molecule has 0 aromatic heterocycles. The summed E-state index contributed by atoms with van der Waals surface area (Å²) in [5, 5.41) is 0. The smallest absolute Gasteiger partial charge is 0.0418 e. The average Bonchev–Trinajstić information content (AvgIpc) is 2.23. The zero-order valence-corrected chi connectivity index (χ0v) is 10.2. The molecule has 0 aliphatic heterocycles. The van der Waals surface area contributed by atoms with Gasteiger partial charge in [0.05, 0.1) is 0 Å². The summed E-state index contributed by atoms with van der Waals surface area (Å²) in [5.74, 6) is 0. The van der Waals surface area contributed by atoms with Crippen molar-refractivity contribution in [3.05, 3.63) is 23.8 Å². The lowest BCUT2D eigenvalue weighted by Gasteiger charge is -2.31. The van der Waals surface area contributed by atoms with Gasteiger partial charge in [-0.2, -0.15) is 0 Å². The Balaban J connectivity index is 3.05. The van der Waals surface area contributed by atoms with Gasteiger partial charge in [-0.05, 0) is 44.9 Å². The average molecular weight is 206 g/mol. The molecule has 2 nitrogen and oxygen atoms in total. The second-order valence-electron chi connectivity index (χ2n) is 4.09. The summed E-state index contributed by atoms with van der Waals surface area (Å²) in [6.07, 6.45) is 1.15. The van der Waals surface area contributed by atoms with Crippen LogP contribution in [0.15, 0.2) is 18.2 Å². The van der Waals surface area contributed by atoms with Crippen molar-refractivity contribution in [2.75, 3.05) is 17.2 Å². The van der Waals surface area contributed by atoms with Crippen molar-refractivity contribution >= 4 is 11.4 Å². The van der Waals surface area contributed by atoms with Crippen molar-refractivity contribution in [3.8, 4) is 0 Å². The maximum atomic E-state index is 5.83. The molecule has 0 aliphatic rings. The van der Waals surface area contributed by atoms with Crippen LogP contribution in [0.1, 0.15) is 32.8 Å². The normalized spacial score (nSPS) is 12.5. The van der Waals surface area contributed by atoms with Crippen molar-refractivity contribution < 1.29 is 0 Å². The van der Waals surface area contributed by atoms with Crippen LogP contribution in [0.2, 0.25) is 0 Å². The number of anilines is 2. The summed E-state index contributed by atoms with van der Waals surface area (Å²) < 4.78 is 0. The lowest BCUT2D eigenvalue weighted by atomic mass is 10.1. The number of benzene rings is 1. The van der Waals surface area contributed by atoms with Gasteiger partial charge in [0, 0.05) is 24.0 Å². The van der Waals surface area contributed by atoms with Crippen LogP contribution in [-0.4, -0.2) is 12.6 Å². The molecule has 0 fully saturated rings. The van der Waals surface area contributed by atoms with Crippen LogP contribution in [-0.2, 0) is 0 Å². The van der Waals surface area contributed by atoms with Crippen molar-refractivity contribution in [1.82, 2.24) is 0 Å². The Morgan fingerprint density at radius 3 is 2.53 bits per heavy atom. The van der Waals surface area contributed by atoms with Crippen LogP contribution in [0, 0.1) is 6.92 Å². The van der Waals surface area contributed by atoms with E-state index in [2.05, 4.69) is 44.7 Å². The molecular weight excluding hydrogens is 184 g/mol. The van der Waals surface area contributed by atoms with Gasteiger partial charge < -0.3 is 10.6 Å². The van der Waals surface area contributed by atoms with Crippen molar-refractivity contribution in [2.45, 2.75) is 40.2 Å². The zero-order chi connectivity index (χ0) is 11.4. The standard InChI is InChI=1S/C13H22N2/c1-5-11(4)15(6-2)13-9-12(14)8-7-10(13)3/h7-9,11H,5-6,14H2,1-4H3. The van der Waals surface area contributed by atoms with E-state index >= 15 is 0 Å². The SMILES string of the molecule is CCC(C)N(CC)c1cc(N)ccc1C. The molecule has 0 amide bonds. The summed E-state index contributed by atoms with van der Waals surface area (Å²) in [6.45, 7) is 9.83. The lowest BCUT2D eigenvalue weighted by Crippen LogP contribution is -2.32. The van der Waals surface area contributed by atoms with E-state index < -0.39 is 0 Å². The predicted octanol–water partition coefficient (Wildman–Crippen LogP) is 3.20. The first kappa shape index (κ1) is 11.9. The minimum absolute atomic E-state index is 0.565. The molecule has 0 spiro atoms. The number of hydrogen-bond acceptors (Lipinski definition) is 2. The Hall–Kier alpha value is -1.18. The predicted molar refractivity (Wildman–Crippen MR) is 68.4 cm³/mol. The van der Waals surface area contributed by atoms with Crippen molar-refractivity contribution in [2.24, 2.45) is 0 Å². The van der Waals surface area contributed by atoms with E-state index in [0.29, 0.717) is 6.04 Å². The molecule has 15 heavy (non-hydrogen) atoms. The Labute approximate surface area is 93.1 Å². The number of rotatable bonds is 4. The molecule has 0 heterocycles. The Bertz CT molecular complexity index is 320. The number of aryl methyl sites for hydroxylation is 1. The number of nitrogen functional groups attached to an aromatic ring is 1. The highest BCUT2D eigenvalue weighted by molar-refractivity contribution is 5.61. The molecule has 0 saturated carbocycles. The summed E-state index contributed by atoms with van der Waals surface area (Å²) in [4.78, 5) is 2.41. The lowest BCUT2D eigenvalue weighted by molar-refractivity contribution is 0.629. The third-order valence-electron chi connectivity index (χ3n) is 3.01. The number of hydrogen-bond donors (Lipinski definition) is 1. The second kappa shape index (κ2) is 5.06. The molecule has 0 radical (unpaired) electrons. The molecule has 84 valence electrons. The van der Waals surface area contributed by atoms with Gasteiger partial charge >= 0.3 is 0 Å². The van der Waals surface area contributed by atoms with Crippen molar-refractivity contribution in [1.29, 1.82) is 0 Å². The topological polar surface area (TPSA) is 29.3 Å². The monoisotopic (exact) mass is 206 g/mol. The van der Waals surface area contributed by atoms with E-state index in [4.69, 9.17) is 5.73 Å². The van der Waals surface area contributed by atoms with E-state index in [0.717, 1.165) is 18.7 Å². The van der Waals surface area contributed by atoms with Gasteiger partial charge in [-0.3, -0.25) is 0 Å². The maximum absolute atomic E-state index is 5.83. The first-order valence-electron chi connectivity index (χ1n) is 5.72. The molecule has 2 N–H and O–H groups in total. The van der Waals surface area contributed by atoms with Gasteiger partial charge in [0.15, 0.2) is 0 Å². The fourth-order valence-electron chi connectivity index (χ4n) is 1.88. The molecule has 1 aromatic carbocycles. The van der Waals surface area contributed by atoms with Gasteiger partial charge in [0.25, 0.3) is 0 Å². The largest absolute Gasteiger partial charge is 0.399 e. The molecule has 1 rings (SSSR count). The van der Waals surface area contributed by atoms with Crippen LogP contribution in [0.4, 0.5) is 11.4 Å². The van der Waals surface area contributed by atoms with Gasteiger partial charge in [0.2, 0.25) is 0 Å². The van der Waals surface area contributed by atoms with Crippen molar-refractivity contribution in [3.63, 3.8) is 0 Å². The Morgan fingerprint density at radius 2 is 2.00 bits per heavy atom. The second-order valence-corrected chi connectivity index (χ2v) is 4.09. The minimum Gasteiger partial charge on any atom is -0.399 e. The number of nitrogens with zero attached hydrogens (tertiary/aromatic N) is 1. The quantitative estimate of drug-likeness (QED) is 0.766. The first-order valence-corrected chi connectivity index (χ1v) is 5.72. The molecule has 1 aromatic rings. The molecular formula is C13H22N2. The van der Waals surface area contributed by atoms with Crippen LogP contribution >= 0.6 is 0 Å². The van der Waals surface area contributed by atoms with E-state index in [1.54, 1.807) is 0 Å². The fraction of sp³-hybridized carbons (Fsp3) is 0.538. The van der Waals surface area contributed by atoms with Gasteiger partial charge in [-0.25, -0.2) is 0 Å². The molecule has 0 bridgehead atoms. The van der Waals surface area contributed by atoms with Gasteiger partial charge in [-0.15, -0.1) is 0 Å². The summed E-state index contributed by atoms with van der Waals surface area (Å²) in [7, 11) is 0. The highest BCUT2D eigenvalue weighted by Crippen LogP contribution is 2.25. The maximum Gasteiger partial charge on any atom is 0.0418 e. The Morgan fingerprint density at radius 1 is 1.33 bits per heavy atom. The zero-order valence-electron chi connectivity index (χ0n) is 10.2. The van der Waals surface area contributed by atoms with Crippen LogP contribution in [0.5, 0.6) is 0 Å². The molecule has 2 heteroatoms. The summed E-state index contributed by atoms with van der Waals surface area (Å²) in [5.41, 5.74) is 9.25. The summed E-state index contributed by atoms with van der Waals surface area (Å²) in [6, 6.07) is 6.69. The third kappa shape index (κ3) is 2.65. The molecule has 0 saturated heterocycles. The third-order valence-corrected chi connectivity index (χ3v) is 3.01. The van der Waals surface area contributed by atoms with E-state index in [1.165, 1.54) is 11.3 Å². The highest BCUT2D eigenvalue weighted by Gasteiger charge is 2.12. The van der Waals surface area contributed by atoms with E-state index in [1.807, 2.05) is 6.07 Å². The molecule has 1 unspecified atom stereocenters.